The summed E-state index contributed by atoms with van der Waals surface area (Å²) in [5.41, 5.74) is 2.87. The Morgan fingerprint density at radius 3 is 2.91 bits per heavy atom. The summed E-state index contributed by atoms with van der Waals surface area (Å²) in [5.74, 6) is -0.163. The summed E-state index contributed by atoms with van der Waals surface area (Å²) in [5, 5.41) is 7.15. The van der Waals surface area contributed by atoms with Crippen molar-refractivity contribution in [1.82, 2.24) is 19.9 Å². The van der Waals surface area contributed by atoms with Crippen molar-refractivity contribution in [2.24, 2.45) is 0 Å². The zero-order valence-electron chi connectivity index (χ0n) is 12.2. The summed E-state index contributed by atoms with van der Waals surface area (Å²) >= 11 is 0. The van der Waals surface area contributed by atoms with Crippen LogP contribution in [0.4, 0.5) is 0 Å². The van der Waals surface area contributed by atoms with Crippen LogP contribution >= 0.6 is 0 Å². The first-order valence-corrected chi connectivity index (χ1v) is 7.05. The standard InChI is InChI=1S/C17H16N4O/c1-13-15(16-18-11-6-12-21(16)20-13)17(22)19-10-5-9-14-7-3-2-4-8-14/h2-9,11-12H,10H2,1H3,(H,19,22)/b9-5+. The van der Waals surface area contributed by atoms with Gasteiger partial charge in [0.1, 0.15) is 5.56 Å². The van der Waals surface area contributed by atoms with Crippen molar-refractivity contribution in [3.8, 4) is 0 Å². The summed E-state index contributed by atoms with van der Waals surface area (Å²) in [6, 6.07) is 11.7. The van der Waals surface area contributed by atoms with Gasteiger partial charge in [-0.05, 0) is 18.6 Å². The van der Waals surface area contributed by atoms with E-state index in [9.17, 15) is 4.79 Å². The van der Waals surface area contributed by atoms with Crippen molar-refractivity contribution in [3.05, 3.63) is 71.7 Å². The van der Waals surface area contributed by atoms with E-state index in [1.54, 1.807) is 23.0 Å². The zero-order valence-corrected chi connectivity index (χ0v) is 12.2. The van der Waals surface area contributed by atoms with Gasteiger partial charge in [-0.15, -0.1) is 0 Å². The maximum atomic E-state index is 12.3. The molecule has 0 saturated carbocycles. The fraction of sp³-hybridized carbons (Fsp3) is 0.118. The van der Waals surface area contributed by atoms with Gasteiger partial charge in [0.2, 0.25) is 0 Å². The van der Waals surface area contributed by atoms with Crippen molar-refractivity contribution in [2.45, 2.75) is 6.92 Å². The molecule has 1 N–H and O–H groups in total. The largest absolute Gasteiger partial charge is 0.348 e. The van der Waals surface area contributed by atoms with E-state index in [-0.39, 0.29) is 5.91 Å². The van der Waals surface area contributed by atoms with Gasteiger partial charge in [0.15, 0.2) is 5.65 Å². The number of aromatic nitrogens is 3. The summed E-state index contributed by atoms with van der Waals surface area (Å²) in [7, 11) is 0. The molecule has 5 heteroatoms. The van der Waals surface area contributed by atoms with Crippen molar-refractivity contribution in [2.75, 3.05) is 6.54 Å². The van der Waals surface area contributed by atoms with Crippen molar-refractivity contribution < 1.29 is 4.79 Å². The number of hydrogen-bond donors (Lipinski definition) is 1. The van der Waals surface area contributed by atoms with E-state index in [1.807, 2.05) is 49.4 Å². The molecule has 0 aliphatic rings. The second-order valence-corrected chi connectivity index (χ2v) is 4.87. The minimum atomic E-state index is -0.163. The first kappa shape index (κ1) is 14.0. The van der Waals surface area contributed by atoms with Crippen LogP contribution < -0.4 is 5.32 Å². The number of benzene rings is 1. The molecule has 22 heavy (non-hydrogen) atoms. The SMILES string of the molecule is Cc1nn2cccnc2c1C(=O)NC/C=C/c1ccccc1. The average molecular weight is 292 g/mol. The molecule has 110 valence electrons. The number of rotatable bonds is 4. The number of amides is 1. The van der Waals surface area contributed by atoms with Gasteiger partial charge in [-0.3, -0.25) is 4.79 Å². The number of aryl methyl sites for hydroxylation is 1. The summed E-state index contributed by atoms with van der Waals surface area (Å²) in [4.78, 5) is 16.5. The highest BCUT2D eigenvalue weighted by Gasteiger charge is 2.16. The maximum Gasteiger partial charge on any atom is 0.257 e. The van der Waals surface area contributed by atoms with E-state index < -0.39 is 0 Å². The molecule has 0 saturated heterocycles. The van der Waals surface area contributed by atoms with E-state index in [1.165, 1.54) is 0 Å². The van der Waals surface area contributed by atoms with Crippen molar-refractivity contribution >= 4 is 17.6 Å². The van der Waals surface area contributed by atoms with Gasteiger partial charge in [-0.1, -0.05) is 42.5 Å². The van der Waals surface area contributed by atoms with E-state index in [0.717, 1.165) is 5.56 Å². The van der Waals surface area contributed by atoms with Crippen LogP contribution in [0.3, 0.4) is 0 Å². The van der Waals surface area contributed by atoms with E-state index in [2.05, 4.69) is 15.4 Å². The van der Waals surface area contributed by atoms with Crippen molar-refractivity contribution in [1.29, 1.82) is 0 Å². The Bertz CT molecular complexity index is 821. The molecule has 0 unspecified atom stereocenters. The summed E-state index contributed by atoms with van der Waals surface area (Å²) in [6.45, 7) is 2.26. The lowest BCUT2D eigenvalue weighted by Crippen LogP contribution is -2.24. The third kappa shape index (κ3) is 2.88. The van der Waals surface area contributed by atoms with Crippen LogP contribution in [-0.4, -0.2) is 27.0 Å². The second kappa shape index (κ2) is 6.22. The third-order valence-corrected chi connectivity index (χ3v) is 3.29. The average Bonchev–Trinajstić information content (AvgIpc) is 2.88. The molecule has 0 atom stereocenters. The van der Waals surface area contributed by atoms with Gasteiger partial charge in [0.25, 0.3) is 5.91 Å². The van der Waals surface area contributed by atoms with Gasteiger partial charge >= 0.3 is 0 Å². The number of nitrogens with zero attached hydrogens (tertiary/aromatic N) is 3. The van der Waals surface area contributed by atoms with Gasteiger partial charge in [-0.2, -0.15) is 5.10 Å². The molecule has 2 aromatic heterocycles. The van der Waals surface area contributed by atoms with Crippen molar-refractivity contribution in [3.63, 3.8) is 0 Å². The van der Waals surface area contributed by atoms with Gasteiger partial charge < -0.3 is 5.32 Å². The molecule has 0 aliphatic heterocycles. The van der Waals surface area contributed by atoms with Gasteiger partial charge in [0, 0.05) is 18.9 Å². The summed E-state index contributed by atoms with van der Waals surface area (Å²) in [6.07, 6.45) is 7.33. The molecule has 0 bridgehead atoms. The van der Waals surface area contributed by atoms with Crippen LogP contribution in [0.5, 0.6) is 0 Å². The highest BCUT2D eigenvalue weighted by atomic mass is 16.1. The Kier molecular flexibility index (Phi) is 3.96. The highest BCUT2D eigenvalue weighted by molar-refractivity contribution is 6.01. The molecule has 0 spiro atoms. The third-order valence-electron chi connectivity index (χ3n) is 3.29. The fourth-order valence-electron chi connectivity index (χ4n) is 2.26. The molecule has 1 amide bonds. The Morgan fingerprint density at radius 1 is 1.27 bits per heavy atom. The minimum Gasteiger partial charge on any atom is -0.348 e. The number of carbonyl (C=O) groups is 1. The fourth-order valence-corrected chi connectivity index (χ4v) is 2.26. The lowest BCUT2D eigenvalue weighted by molar-refractivity contribution is 0.0959. The summed E-state index contributed by atoms with van der Waals surface area (Å²) < 4.78 is 1.62. The minimum absolute atomic E-state index is 0.163. The number of fused-ring (bicyclic) bond motifs is 1. The molecule has 5 nitrogen and oxygen atoms in total. The molecule has 2 heterocycles. The molecule has 0 aliphatic carbocycles. The van der Waals surface area contributed by atoms with Crippen LogP contribution in [0.15, 0.2) is 54.9 Å². The molecular formula is C17H16N4O. The normalized spacial score (nSPS) is 11.1. The van der Waals surface area contributed by atoms with Crippen LogP contribution in [0.1, 0.15) is 21.6 Å². The molecular weight excluding hydrogens is 276 g/mol. The van der Waals surface area contributed by atoms with E-state index >= 15 is 0 Å². The Hall–Kier alpha value is -2.95. The predicted molar refractivity (Wildman–Crippen MR) is 85.5 cm³/mol. The maximum absolute atomic E-state index is 12.3. The predicted octanol–water partition coefficient (Wildman–Crippen LogP) is 2.48. The molecule has 3 aromatic rings. The first-order valence-electron chi connectivity index (χ1n) is 7.05. The molecule has 3 rings (SSSR count). The topological polar surface area (TPSA) is 59.3 Å². The first-order chi connectivity index (χ1) is 10.8. The van der Waals surface area contributed by atoms with Gasteiger partial charge in [0.05, 0.1) is 5.69 Å². The monoisotopic (exact) mass is 292 g/mol. The van der Waals surface area contributed by atoms with E-state index in [4.69, 9.17) is 0 Å². The Labute approximate surface area is 128 Å². The molecule has 0 radical (unpaired) electrons. The van der Waals surface area contributed by atoms with Crippen LogP contribution in [0.2, 0.25) is 0 Å². The molecule has 1 aromatic carbocycles. The van der Waals surface area contributed by atoms with Gasteiger partial charge in [-0.25, -0.2) is 9.50 Å². The smallest absolute Gasteiger partial charge is 0.257 e. The lowest BCUT2D eigenvalue weighted by atomic mass is 10.2. The van der Waals surface area contributed by atoms with Crippen LogP contribution in [0, 0.1) is 6.92 Å². The number of hydrogen-bond acceptors (Lipinski definition) is 3. The quantitative estimate of drug-likeness (QED) is 0.803. The van der Waals surface area contributed by atoms with Crippen LogP contribution in [-0.2, 0) is 0 Å². The number of carbonyl (C=O) groups excluding carboxylic acids is 1. The zero-order chi connectivity index (χ0) is 15.4. The Morgan fingerprint density at radius 2 is 2.09 bits per heavy atom. The second-order valence-electron chi connectivity index (χ2n) is 4.87. The molecule has 0 fully saturated rings. The number of nitrogens with one attached hydrogen (secondary N) is 1. The van der Waals surface area contributed by atoms with E-state index in [0.29, 0.717) is 23.4 Å². The highest BCUT2D eigenvalue weighted by Crippen LogP contribution is 2.12. The lowest BCUT2D eigenvalue weighted by Gasteiger charge is -2.01. The van der Waals surface area contributed by atoms with Crippen LogP contribution in [0.25, 0.3) is 11.7 Å². The Balaban J connectivity index is 1.69.